The summed E-state index contributed by atoms with van der Waals surface area (Å²) in [5, 5.41) is 9.72. The lowest BCUT2D eigenvalue weighted by molar-refractivity contribution is 0.344. The molecule has 1 aromatic carbocycles. The van der Waals surface area contributed by atoms with Crippen molar-refractivity contribution in [1.82, 2.24) is 0 Å². The first-order valence-corrected chi connectivity index (χ1v) is 6.15. The molecule has 1 unspecified atom stereocenters. The van der Waals surface area contributed by atoms with Gasteiger partial charge in [-0.1, -0.05) is 6.07 Å². The van der Waals surface area contributed by atoms with Gasteiger partial charge in [0.1, 0.15) is 5.75 Å². The molecule has 0 aliphatic carbocycles. The lowest BCUT2D eigenvalue weighted by Gasteiger charge is -2.12. The van der Waals surface area contributed by atoms with Crippen molar-refractivity contribution in [2.75, 3.05) is 13.3 Å². The van der Waals surface area contributed by atoms with E-state index in [1.165, 1.54) is 12.1 Å². The standard InChI is InChI=1S/C9H13O3P/c1-3-12-13(2,11)9-6-4-5-8(10)7-9/h4-7,10H,3H2,1-2H3. The summed E-state index contributed by atoms with van der Waals surface area (Å²) in [5.74, 6) is 0.110. The second-order valence-electron chi connectivity index (χ2n) is 2.78. The van der Waals surface area contributed by atoms with E-state index >= 15 is 0 Å². The smallest absolute Gasteiger partial charge is 0.229 e. The molecule has 4 heteroatoms. The highest BCUT2D eigenvalue weighted by Crippen LogP contribution is 2.41. The second kappa shape index (κ2) is 3.95. The molecular formula is C9H13O3P. The van der Waals surface area contributed by atoms with E-state index in [4.69, 9.17) is 9.63 Å². The highest BCUT2D eigenvalue weighted by atomic mass is 31.2. The van der Waals surface area contributed by atoms with Crippen LogP contribution in [-0.2, 0) is 9.09 Å². The average Bonchev–Trinajstić information content (AvgIpc) is 2.04. The summed E-state index contributed by atoms with van der Waals surface area (Å²) in [7, 11) is -2.73. The number of benzene rings is 1. The van der Waals surface area contributed by atoms with Crippen molar-refractivity contribution in [3.63, 3.8) is 0 Å². The Balaban J connectivity index is 3.00. The predicted octanol–water partition coefficient (Wildman–Crippen LogP) is 1.96. The van der Waals surface area contributed by atoms with Gasteiger partial charge in [0.15, 0.2) is 0 Å². The van der Waals surface area contributed by atoms with Gasteiger partial charge in [-0.3, -0.25) is 4.57 Å². The number of hydrogen-bond acceptors (Lipinski definition) is 3. The fraction of sp³-hybridized carbons (Fsp3) is 0.333. The van der Waals surface area contributed by atoms with Crippen LogP contribution in [0.1, 0.15) is 6.92 Å². The second-order valence-corrected chi connectivity index (χ2v) is 5.25. The Morgan fingerprint density at radius 2 is 2.23 bits per heavy atom. The summed E-state index contributed by atoms with van der Waals surface area (Å²) in [6, 6.07) is 6.35. The van der Waals surface area contributed by atoms with Gasteiger partial charge in [-0.25, -0.2) is 0 Å². The first-order chi connectivity index (χ1) is 6.06. The highest BCUT2D eigenvalue weighted by Gasteiger charge is 2.18. The van der Waals surface area contributed by atoms with E-state index in [9.17, 15) is 4.57 Å². The third-order valence-corrected chi connectivity index (χ3v) is 3.64. The molecule has 0 radical (unpaired) electrons. The quantitative estimate of drug-likeness (QED) is 0.758. The molecule has 0 spiro atoms. The molecular weight excluding hydrogens is 187 g/mol. The van der Waals surface area contributed by atoms with Crippen LogP contribution in [0.25, 0.3) is 0 Å². The van der Waals surface area contributed by atoms with E-state index in [1.807, 2.05) is 0 Å². The highest BCUT2D eigenvalue weighted by molar-refractivity contribution is 7.66. The van der Waals surface area contributed by atoms with Crippen molar-refractivity contribution in [2.45, 2.75) is 6.92 Å². The van der Waals surface area contributed by atoms with Gasteiger partial charge in [-0.2, -0.15) is 0 Å². The Morgan fingerprint density at radius 1 is 1.54 bits per heavy atom. The minimum Gasteiger partial charge on any atom is -0.508 e. The van der Waals surface area contributed by atoms with E-state index in [0.717, 1.165) is 0 Å². The molecule has 0 aliphatic rings. The van der Waals surface area contributed by atoms with Crippen LogP contribution in [0, 0.1) is 0 Å². The first kappa shape index (κ1) is 10.3. The van der Waals surface area contributed by atoms with E-state index in [1.54, 1.807) is 25.7 Å². The van der Waals surface area contributed by atoms with Crippen LogP contribution in [-0.4, -0.2) is 18.4 Å². The van der Waals surface area contributed by atoms with E-state index in [2.05, 4.69) is 0 Å². The lowest BCUT2D eigenvalue weighted by Crippen LogP contribution is -2.05. The van der Waals surface area contributed by atoms with Crippen molar-refractivity contribution < 1.29 is 14.2 Å². The van der Waals surface area contributed by atoms with Crippen LogP contribution in [0.15, 0.2) is 24.3 Å². The Morgan fingerprint density at radius 3 is 2.77 bits per heavy atom. The summed E-state index contributed by atoms with van der Waals surface area (Å²) < 4.78 is 16.9. The van der Waals surface area contributed by atoms with Gasteiger partial charge in [0.05, 0.1) is 6.61 Å². The molecule has 1 N–H and O–H groups in total. The van der Waals surface area contributed by atoms with Crippen LogP contribution in [0.3, 0.4) is 0 Å². The SMILES string of the molecule is CCOP(C)(=O)c1cccc(O)c1. The summed E-state index contributed by atoms with van der Waals surface area (Å²) >= 11 is 0. The zero-order valence-electron chi connectivity index (χ0n) is 7.73. The van der Waals surface area contributed by atoms with Crippen molar-refractivity contribution in [3.05, 3.63) is 24.3 Å². The average molecular weight is 200 g/mol. The summed E-state index contributed by atoms with van der Waals surface area (Å²) in [6.45, 7) is 3.74. The molecule has 1 rings (SSSR count). The fourth-order valence-corrected chi connectivity index (χ4v) is 2.43. The molecule has 1 aromatic rings. The normalized spacial score (nSPS) is 15.2. The number of phenolic OH excluding ortho intramolecular Hbond substituents is 1. The molecule has 1 atom stereocenters. The largest absolute Gasteiger partial charge is 0.508 e. The zero-order chi connectivity index (χ0) is 9.90. The van der Waals surface area contributed by atoms with E-state index in [0.29, 0.717) is 11.9 Å². The lowest BCUT2D eigenvalue weighted by atomic mass is 10.3. The molecule has 0 heterocycles. The Bertz CT molecular complexity index is 335. The van der Waals surface area contributed by atoms with Gasteiger partial charge in [0.25, 0.3) is 0 Å². The molecule has 0 fully saturated rings. The molecule has 0 bridgehead atoms. The van der Waals surface area contributed by atoms with Gasteiger partial charge >= 0.3 is 0 Å². The fourth-order valence-electron chi connectivity index (χ4n) is 1.07. The number of hydrogen-bond donors (Lipinski definition) is 1. The molecule has 0 amide bonds. The van der Waals surface area contributed by atoms with Crippen molar-refractivity contribution in [2.24, 2.45) is 0 Å². The Labute approximate surface area is 77.8 Å². The Kier molecular flexibility index (Phi) is 3.12. The minimum atomic E-state index is -2.73. The van der Waals surface area contributed by atoms with Gasteiger partial charge in [0, 0.05) is 12.0 Å². The topological polar surface area (TPSA) is 46.5 Å². The summed E-state index contributed by atoms with van der Waals surface area (Å²) in [6.07, 6.45) is 0. The maximum absolute atomic E-state index is 11.8. The predicted molar refractivity (Wildman–Crippen MR) is 52.9 cm³/mol. The van der Waals surface area contributed by atoms with Gasteiger partial charge in [-0.05, 0) is 25.1 Å². The third kappa shape index (κ3) is 2.58. The van der Waals surface area contributed by atoms with Crippen molar-refractivity contribution in [1.29, 1.82) is 0 Å². The van der Waals surface area contributed by atoms with Crippen LogP contribution in [0.5, 0.6) is 5.75 Å². The molecule has 13 heavy (non-hydrogen) atoms. The summed E-state index contributed by atoms with van der Waals surface area (Å²) in [5.41, 5.74) is 0. The maximum Gasteiger partial charge on any atom is 0.229 e. The van der Waals surface area contributed by atoms with E-state index < -0.39 is 7.37 Å². The molecule has 72 valence electrons. The van der Waals surface area contributed by atoms with Gasteiger partial charge in [0.2, 0.25) is 7.37 Å². The molecule has 0 saturated heterocycles. The third-order valence-electron chi connectivity index (χ3n) is 1.67. The first-order valence-electron chi connectivity index (χ1n) is 4.08. The van der Waals surface area contributed by atoms with Gasteiger partial charge < -0.3 is 9.63 Å². The maximum atomic E-state index is 11.8. The molecule has 0 saturated carbocycles. The summed E-state index contributed by atoms with van der Waals surface area (Å²) in [4.78, 5) is 0. The molecule has 0 aliphatic heterocycles. The van der Waals surface area contributed by atoms with Crippen molar-refractivity contribution >= 4 is 12.7 Å². The number of rotatable bonds is 3. The van der Waals surface area contributed by atoms with Gasteiger partial charge in [-0.15, -0.1) is 0 Å². The van der Waals surface area contributed by atoms with Crippen molar-refractivity contribution in [3.8, 4) is 5.75 Å². The molecule has 0 aromatic heterocycles. The monoisotopic (exact) mass is 200 g/mol. The zero-order valence-corrected chi connectivity index (χ0v) is 8.62. The van der Waals surface area contributed by atoms with Crippen LogP contribution < -0.4 is 5.30 Å². The van der Waals surface area contributed by atoms with E-state index in [-0.39, 0.29) is 5.75 Å². The van der Waals surface area contributed by atoms with Crippen LogP contribution in [0.2, 0.25) is 0 Å². The number of phenols is 1. The van der Waals surface area contributed by atoms with Crippen LogP contribution in [0.4, 0.5) is 0 Å². The number of aromatic hydroxyl groups is 1. The Hall–Kier alpha value is -0.790. The van der Waals surface area contributed by atoms with Crippen LogP contribution >= 0.6 is 7.37 Å². The minimum absolute atomic E-state index is 0.110. The molecule has 3 nitrogen and oxygen atoms in total.